The number of ether oxygens (including phenoxy) is 2. The fraction of sp³-hybridized carbons (Fsp3) is 0.600. The van der Waals surface area contributed by atoms with Crippen LogP contribution in [0.15, 0.2) is 0 Å². The summed E-state index contributed by atoms with van der Waals surface area (Å²) in [5.41, 5.74) is 0. The van der Waals surface area contributed by atoms with Crippen LogP contribution in [0.5, 0.6) is 0 Å². The highest BCUT2D eigenvalue weighted by Crippen LogP contribution is 2.22. The zero-order chi connectivity index (χ0) is 13.2. The van der Waals surface area contributed by atoms with Gasteiger partial charge in [-0.2, -0.15) is 0 Å². The van der Waals surface area contributed by atoms with E-state index in [2.05, 4.69) is 9.47 Å². The highest BCUT2D eigenvalue weighted by Gasteiger charge is 2.47. The van der Waals surface area contributed by atoms with Crippen LogP contribution in [0.1, 0.15) is 13.3 Å². The van der Waals surface area contributed by atoms with E-state index in [0.717, 1.165) is 14.2 Å². The van der Waals surface area contributed by atoms with Gasteiger partial charge in [-0.1, -0.05) is 6.92 Å². The molecule has 0 bridgehead atoms. The van der Waals surface area contributed by atoms with Gasteiger partial charge in [0.1, 0.15) is 0 Å². The molecule has 1 atom stereocenters. The molecule has 1 unspecified atom stereocenters. The Kier molecular flexibility index (Phi) is 3.82. The Bertz CT molecular complexity index is 361. The number of likely N-dealkylation sites (tertiary alicyclic amines) is 1. The van der Waals surface area contributed by atoms with E-state index < -0.39 is 35.7 Å². The van der Waals surface area contributed by atoms with E-state index in [1.165, 1.54) is 0 Å². The largest absolute Gasteiger partial charge is 0.467 e. The van der Waals surface area contributed by atoms with Gasteiger partial charge < -0.3 is 9.47 Å². The van der Waals surface area contributed by atoms with Gasteiger partial charge in [0.05, 0.1) is 14.2 Å². The molecule has 0 spiro atoms. The molecule has 94 valence electrons. The number of amides is 2. The molecule has 7 nitrogen and oxygen atoms in total. The standard InChI is InChI=1S/C10H13NO6/c1-5-4-6(12)11(8(5)13)7(9(14)16-2)10(15)17-3/h5,7H,4H2,1-3H3. The topological polar surface area (TPSA) is 90.0 Å². The summed E-state index contributed by atoms with van der Waals surface area (Å²) >= 11 is 0. The predicted octanol–water partition coefficient (Wildman–Crippen LogP) is -0.904. The maximum Gasteiger partial charge on any atom is 0.340 e. The summed E-state index contributed by atoms with van der Waals surface area (Å²) in [6.07, 6.45) is -0.0245. The van der Waals surface area contributed by atoms with Gasteiger partial charge in [0.15, 0.2) is 0 Å². The van der Waals surface area contributed by atoms with Crippen LogP contribution in [0.4, 0.5) is 0 Å². The zero-order valence-corrected chi connectivity index (χ0v) is 9.76. The van der Waals surface area contributed by atoms with Gasteiger partial charge in [-0.25, -0.2) is 9.59 Å². The number of carbonyl (C=O) groups excluding carboxylic acids is 4. The van der Waals surface area contributed by atoms with Crippen LogP contribution >= 0.6 is 0 Å². The first kappa shape index (κ1) is 13.1. The molecule has 0 aliphatic carbocycles. The first-order valence-electron chi connectivity index (χ1n) is 4.95. The van der Waals surface area contributed by atoms with Crippen LogP contribution < -0.4 is 0 Å². The van der Waals surface area contributed by atoms with E-state index in [4.69, 9.17) is 0 Å². The minimum Gasteiger partial charge on any atom is -0.467 e. The average Bonchev–Trinajstić information content (AvgIpc) is 2.55. The summed E-state index contributed by atoms with van der Waals surface area (Å²) in [4.78, 5) is 46.7. The second kappa shape index (κ2) is 4.94. The smallest absolute Gasteiger partial charge is 0.340 e. The maximum atomic E-state index is 11.7. The van der Waals surface area contributed by atoms with E-state index in [-0.39, 0.29) is 6.42 Å². The van der Waals surface area contributed by atoms with Crippen molar-refractivity contribution >= 4 is 23.8 Å². The molecule has 0 N–H and O–H groups in total. The van der Waals surface area contributed by atoms with E-state index in [1.54, 1.807) is 6.92 Å². The third-order valence-electron chi connectivity index (χ3n) is 2.52. The normalized spacial score (nSPS) is 19.8. The van der Waals surface area contributed by atoms with Crippen molar-refractivity contribution in [2.75, 3.05) is 14.2 Å². The lowest BCUT2D eigenvalue weighted by Gasteiger charge is -2.21. The molecule has 0 aromatic heterocycles. The van der Waals surface area contributed by atoms with Crippen molar-refractivity contribution in [3.8, 4) is 0 Å². The predicted molar refractivity (Wildman–Crippen MR) is 53.5 cm³/mol. The molecule has 2 amide bonds. The van der Waals surface area contributed by atoms with E-state index in [1.807, 2.05) is 0 Å². The van der Waals surface area contributed by atoms with E-state index >= 15 is 0 Å². The Labute approximate surface area is 97.7 Å². The van der Waals surface area contributed by atoms with Gasteiger partial charge in [-0.05, 0) is 0 Å². The van der Waals surface area contributed by atoms with Crippen molar-refractivity contribution in [2.45, 2.75) is 19.4 Å². The van der Waals surface area contributed by atoms with Crippen LogP contribution in [-0.2, 0) is 28.7 Å². The molecule has 17 heavy (non-hydrogen) atoms. The van der Waals surface area contributed by atoms with Crippen molar-refractivity contribution in [2.24, 2.45) is 5.92 Å². The van der Waals surface area contributed by atoms with Gasteiger partial charge in [0.25, 0.3) is 0 Å². The summed E-state index contributed by atoms with van der Waals surface area (Å²) in [5, 5.41) is 0. The monoisotopic (exact) mass is 243 g/mol. The number of carbonyl (C=O) groups is 4. The third-order valence-corrected chi connectivity index (χ3v) is 2.52. The Morgan fingerprint density at radius 2 is 1.71 bits per heavy atom. The lowest BCUT2D eigenvalue weighted by molar-refractivity contribution is -0.167. The van der Waals surface area contributed by atoms with Crippen LogP contribution in [0.25, 0.3) is 0 Å². The summed E-state index contributed by atoms with van der Waals surface area (Å²) in [7, 11) is 2.12. The van der Waals surface area contributed by atoms with Crippen molar-refractivity contribution in [3.63, 3.8) is 0 Å². The molecule has 1 aliphatic heterocycles. The molecule has 0 aromatic carbocycles. The third kappa shape index (κ3) is 2.27. The molecule has 1 saturated heterocycles. The van der Waals surface area contributed by atoms with E-state index in [0.29, 0.717) is 4.90 Å². The van der Waals surface area contributed by atoms with E-state index in [9.17, 15) is 19.2 Å². The molecular weight excluding hydrogens is 230 g/mol. The number of nitrogens with zero attached hydrogens (tertiary/aromatic N) is 1. The number of hydrogen-bond acceptors (Lipinski definition) is 6. The lowest BCUT2D eigenvalue weighted by atomic mass is 10.1. The molecule has 0 saturated carbocycles. The summed E-state index contributed by atoms with van der Waals surface area (Å²) < 4.78 is 8.79. The molecule has 1 heterocycles. The average molecular weight is 243 g/mol. The zero-order valence-electron chi connectivity index (χ0n) is 9.76. The van der Waals surface area contributed by atoms with Gasteiger partial charge in [-0.3, -0.25) is 14.5 Å². The highest BCUT2D eigenvalue weighted by atomic mass is 16.5. The molecule has 1 rings (SSSR count). The summed E-state index contributed by atoms with van der Waals surface area (Å²) in [6, 6.07) is -1.64. The number of esters is 2. The molecule has 0 radical (unpaired) electrons. The Balaban J connectivity index is 3.06. The van der Waals surface area contributed by atoms with Gasteiger partial charge in [0, 0.05) is 12.3 Å². The number of rotatable bonds is 3. The summed E-state index contributed by atoms with van der Waals surface area (Å²) in [5.74, 6) is -3.68. The van der Waals surface area contributed by atoms with Crippen molar-refractivity contribution in [3.05, 3.63) is 0 Å². The lowest BCUT2D eigenvalue weighted by Crippen LogP contribution is -2.50. The van der Waals surface area contributed by atoms with Gasteiger partial charge in [-0.15, -0.1) is 0 Å². The fourth-order valence-electron chi connectivity index (χ4n) is 1.61. The van der Waals surface area contributed by atoms with Crippen LogP contribution in [-0.4, -0.2) is 48.9 Å². The van der Waals surface area contributed by atoms with Gasteiger partial charge >= 0.3 is 11.9 Å². The van der Waals surface area contributed by atoms with Gasteiger partial charge in [0.2, 0.25) is 17.9 Å². The quantitative estimate of drug-likeness (QED) is 0.362. The number of imide groups is 1. The summed E-state index contributed by atoms with van der Waals surface area (Å²) in [6.45, 7) is 1.55. The fourth-order valence-corrected chi connectivity index (χ4v) is 1.61. The maximum absolute atomic E-state index is 11.7. The number of hydrogen-bond donors (Lipinski definition) is 0. The minimum absolute atomic E-state index is 0.0245. The molecule has 7 heteroatoms. The van der Waals surface area contributed by atoms with Crippen LogP contribution in [0.3, 0.4) is 0 Å². The molecular formula is C10H13NO6. The molecule has 1 fully saturated rings. The van der Waals surface area contributed by atoms with Crippen molar-refractivity contribution in [1.29, 1.82) is 0 Å². The van der Waals surface area contributed by atoms with Crippen LogP contribution in [0, 0.1) is 5.92 Å². The highest BCUT2D eigenvalue weighted by molar-refractivity contribution is 6.12. The Hall–Kier alpha value is -1.92. The molecule has 1 aliphatic rings. The first-order valence-corrected chi connectivity index (χ1v) is 4.95. The van der Waals surface area contributed by atoms with Crippen molar-refractivity contribution < 1.29 is 28.7 Å². The first-order chi connectivity index (χ1) is 7.93. The second-order valence-corrected chi connectivity index (χ2v) is 3.66. The Morgan fingerprint density at radius 3 is 2.00 bits per heavy atom. The van der Waals surface area contributed by atoms with Crippen molar-refractivity contribution in [1.82, 2.24) is 4.90 Å². The van der Waals surface area contributed by atoms with Crippen LogP contribution in [0.2, 0.25) is 0 Å². The minimum atomic E-state index is -1.64. The SMILES string of the molecule is COC(=O)C(C(=O)OC)N1C(=O)CC(C)C1=O. The molecule has 0 aromatic rings. The number of methoxy groups -OCH3 is 2. The second-order valence-electron chi connectivity index (χ2n) is 3.66. The Morgan fingerprint density at radius 1 is 1.24 bits per heavy atom.